The summed E-state index contributed by atoms with van der Waals surface area (Å²) in [6.45, 7) is -0.943. The second-order valence-corrected chi connectivity index (χ2v) is 7.39. The lowest BCUT2D eigenvalue weighted by molar-refractivity contribution is -0.126. The van der Waals surface area contributed by atoms with Crippen LogP contribution in [0, 0.1) is 5.92 Å². The molecule has 0 aromatic carbocycles. The second kappa shape index (κ2) is 7.08. The molecule has 7 nitrogen and oxygen atoms in total. The highest BCUT2D eigenvalue weighted by Crippen LogP contribution is 2.29. The van der Waals surface area contributed by atoms with E-state index in [-0.39, 0.29) is 11.7 Å². The predicted molar refractivity (Wildman–Crippen MR) is 97.8 cm³/mol. The lowest BCUT2D eigenvalue weighted by atomic mass is 9.84. The number of H-pyrrole nitrogens is 2. The number of imidazole rings is 1. The van der Waals surface area contributed by atoms with E-state index >= 15 is 0 Å². The zero-order chi connectivity index (χ0) is 19.9. The molecule has 3 aromatic heterocycles. The van der Waals surface area contributed by atoms with Gasteiger partial charge in [0.05, 0.1) is 12.1 Å². The minimum Gasteiger partial charge on any atom is -0.364 e. The molecule has 1 fully saturated rings. The predicted octanol–water partition coefficient (Wildman–Crippen LogP) is 2.79. The van der Waals surface area contributed by atoms with E-state index in [0.29, 0.717) is 41.9 Å². The minimum absolute atomic E-state index is 0.0984. The number of hydrogen-bond donors (Lipinski definition) is 4. The van der Waals surface area contributed by atoms with Gasteiger partial charge < -0.3 is 21.0 Å². The molecule has 0 radical (unpaired) electrons. The first-order valence-electron chi connectivity index (χ1n) is 9.26. The molecule has 0 bridgehead atoms. The lowest BCUT2D eigenvalue weighted by Crippen LogP contribution is -2.39. The molecule has 28 heavy (non-hydrogen) atoms. The van der Waals surface area contributed by atoms with Gasteiger partial charge in [-0.15, -0.1) is 0 Å². The number of carbonyl (C=O) groups excluding carboxylic acids is 1. The molecule has 1 saturated carbocycles. The van der Waals surface area contributed by atoms with E-state index in [1.807, 2.05) is 6.07 Å². The number of primary amides is 1. The van der Waals surface area contributed by atoms with Gasteiger partial charge >= 0.3 is 6.18 Å². The number of nitrogens with one attached hydrogen (secondary N) is 3. The van der Waals surface area contributed by atoms with Crippen molar-refractivity contribution in [2.45, 2.75) is 44.3 Å². The number of amides is 1. The lowest BCUT2D eigenvalue weighted by Gasteiger charge is -2.29. The largest absolute Gasteiger partial charge is 0.401 e. The van der Waals surface area contributed by atoms with Crippen molar-refractivity contribution >= 4 is 28.0 Å². The van der Waals surface area contributed by atoms with Crippen LogP contribution < -0.4 is 11.1 Å². The molecule has 0 saturated heterocycles. The summed E-state index contributed by atoms with van der Waals surface area (Å²) in [5.74, 6) is 0.434. The van der Waals surface area contributed by atoms with E-state index in [1.165, 1.54) is 0 Å². The maximum absolute atomic E-state index is 12.3. The van der Waals surface area contributed by atoms with Crippen molar-refractivity contribution < 1.29 is 18.0 Å². The molecule has 0 unspecified atom stereocenters. The summed E-state index contributed by atoms with van der Waals surface area (Å²) in [4.78, 5) is 26.8. The number of fused-ring (bicyclic) bond motifs is 3. The average Bonchev–Trinajstić information content (AvgIpc) is 3.25. The summed E-state index contributed by atoms with van der Waals surface area (Å²) in [6, 6.07) is 1.75. The van der Waals surface area contributed by atoms with Gasteiger partial charge in [0, 0.05) is 24.0 Å². The van der Waals surface area contributed by atoms with Crippen molar-refractivity contribution in [1.29, 1.82) is 0 Å². The van der Waals surface area contributed by atoms with Crippen LogP contribution >= 0.6 is 0 Å². The number of hydrogen-bond acceptors (Lipinski definition) is 4. The number of nitrogens with zero attached hydrogens (tertiary/aromatic N) is 2. The topological polar surface area (TPSA) is 112 Å². The second-order valence-electron chi connectivity index (χ2n) is 7.39. The highest BCUT2D eigenvalue weighted by Gasteiger charge is 2.30. The van der Waals surface area contributed by atoms with Gasteiger partial charge in [0.2, 0.25) is 0 Å². The van der Waals surface area contributed by atoms with Gasteiger partial charge in [-0.3, -0.25) is 4.79 Å². The van der Waals surface area contributed by atoms with Crippen LogP contribution in [0.15, 0.2) is 12.3 Å². The van der Waals surface area contributed by atoms with Gasteiger partial charge in [-0.1, -0.05) is 0 Å². The third-order valence-corrected chi connectivity index (χ3v) is 5.35. The fourth-order valence-electron chi connectivity index (χ4n) is 3.98. The number of rotatable bonds is 5. The van der Waals surface area contributed by atoms with Crippen LogP contribution in [-0.2, 0) is 6.42 Å². The Bertz CT molecular complexity index is 1000. The van der Waals surface area contributed by atoms with E-state index in [1.54, 1.807) is 6.20 Å². The van der Waals surface area contributed by atoms with Crippen molar-refractivity contribution in [3.8, 4) is 0 Å². The van der Waals surface area contributed by atoms with E-state index in [2.05, 4.69) is 25.3 Å². The number of aromatic amines is 2. The molecule has 3 heterocycles. The molecular formula is C18H21F3N6O. The quantitative estimate of drug-likeness (QED) is 0.533. The number of aromatic nitrogens is 4. The maximum atomic E-state index is 12.3. The van der Waals surface area contributed by atoms with Crippen LogP contribution in [0.3, 0.4) is 0 Å². The van der Waals surface area contributed by atoms with Gasteiger partial charge in [-0.05, 0) is 37.7 Å². The Balaban J connectivity index is 1.47. The summed E-state index contributed by atoms with van der Waals surface area (Å²) in [5, 5.41) is 3.40. The van der Waals surface area contributed by atoms with Crippen LogP contribution in [-0.4, -0.2) is 44.6 Å². The number of halogens is 3. The van der Waals surface area contributed by atoms with Crippen molar-refractivity contribution in [3.05, 3.63) is 23.8 Å². The summed E-state index contributed by atoms with van der Waals surface area (Å²) in [7, 11) is 0. The first-order valence-corrected chi connectivity index (χ1v) is 9.26. The van der Waals surface area contributed by atoms with E-state index in [4.69, 9.17) is 5.73 Å². The Morgan fingerprint density at radius 1 is 1.25 bits per heavy atom. The van der Waals surface area contributed by atoms with Crippen LogP contribution in [0.5, 0.6) is 0 Å². The van der Waals surface area contributed by atoms with E-state index in [0.717, 1.165) is 24.1 Å². The average molecular weight is 394 g/mol. The molecule has 4 rings (SSSR count). The number of nitrogens with two attached hydrogens (primary N) is 1. The SMILES string of the molecule is NC(=O)c1nc2[nH]ccc2c2nc(CC3CCC(NCC(F)(F)F)CC3)[nH]c12. The van der Waals surface area contributed by atoms with Crippen LogP contribution in [0.1, 0.15) is 42.0 Å². The minimum atomic E-state index is -4.18. The van der Waals surface area contributed by atoms with Crippen LogP contribution in [0.2, 0.25) is 0 Å². The van der Waals surface area contributed by atoms with Crippen molar-refractivity contribution in [3.63, 3.8) is 0 Å². The molecule has 1 aliphatic rings. The Labute approximate surface area is 158 Å². The standard InChI is InChI=1S/C18H21F3N6O/c19-18(20,21)8-24-10-3-1-9(2-4-10)7-12-25-13-11-5-6-23-17(11)27-15(16(22)28)14(13)26-12/h5-6,9-10,24H,1-4,7-8H2,(H2,22,28)(H,23,27)(H,25,26). The fourth-order valence-corrected chi connectivity index (χ4v) is 3.98. The third-order valence-electron chi connectivity index (χ3n) is 5.35. The highest BCUT2D eigenvalue weighted by atomic mass is 19.4. The highest BCUT2D eigenvalue weighted by molar-refractivity contribution is 6.10. The molecule has 10 heteroatoms. The van der Waals surface area contributed by atoms with Gasteiger partial charge in [-0.25, -0.2) is 9.97 Å². The van der Waals surface area contributed by atoms with Gasteiger partial charge in [0.1, 0.15) is 17.0 Å². The van der Waals surface area contributed by atoms with Gasteiger partial charge in [0.25, 0.3) is 5.91 Å². The Kier molecular flexibility index (Phi) is 4.74. The molecule has 0 spiro atoms. The Morgan fingerprint density at radius 2 is 2.00 bits per heavy atom. The Morgan fingerprint density at radius 3 is 2.68 bits per heavy atom. The number of pyridine rings is 1. The van der Waals surface area contributed by atoms with Crippen molar-refractivity contribution in [1.82, 2.24) is 25.3 Å². The molecule has 0 aliphatic heterocycles. The van der Waals surface area contributed by atoms with Crippen molar-refractivity contribution in [2.75, 3.05) is 6.54 Å². The van der Waals surface area contributed by atoms with Gasteiger partial charge in [0.15, 0.2) is 5.69 Å². The molecule has 3 aromatic rings. The molecule has 0 atom stereocenters. The zero-order valence-electron chi connectivity index (χ0n) is 15.1. The molecule has 1 aliphatic carbocycles. The smallest absolute Gasteiger partial charge is 0.364 e. The molecular weight excluding hydrogens is 373 g/mol. The maximum Gasteiger partial charge on any atom is 0.401 e. The first-order chi connectivity index (χ1) is 13.3. The zero-order valence-corrected chi connectivity index (χ0v) is 15.1. The number of carbonyl (C=O) groups is 1. The number of alkyl halides is 3. The molecule has 150 valence electrons. The van der Waals surface area contributed by atoms with Crippen molar-refractivity contribution in [2.24, 2.45) is 11.7 Å². The summed E-state index contributed by atoms with van der Waals surface area (Å²) in [6.07, 6.45) is 1.28. The third kappa shape index (κ3) is 3.82. The summed E-state index contributed by atoms with van der Waals surface area (Å²) in [5.41, 5.74) is 7.32. The Hall–Kier alpha value is -2.62. The van der Waals surface area contributed by atoms with Gasteiger partial charge in [-0.2, -0.15) is 13.2 Å². The molecule has 1 amide bonds. The van der Waals surface area contributed by atoms with E-state index in [9.17, 15) is 18.0 Å². The molecule has 5 N–H and O–H groups in total. The van der Waals surface area contributed by atoms with E-state index < -0.39 is 18.6 Å². The normalized spacial score (nSPS) is 20.8. The summed E-state index contributed by atoms with van der Waals surface area (Å²) < 4.78 is 37.0. The van der Waals surface area contributed by atoms with Crippen LogP contribution in [0.25, 0.3) is 22.1 Å². The summed E-state index contributed by atoms with van der Waals surface area (Å²) >= 11 is 0. The first kappa shape index (κ1) is 18.7. The van der Waals surface area contributed by atoms with Crippen LogP contribution in [0.4, 0.5) is 13.2 Å². The monoisotopic (exact) mass is 394 g/mol. The fraction of sp³-hybridized carbons (Fsp3) is 0.500.